The van der Waals surface area contributed by atoms with Crippen LogP contribution in [0.4, 0.5) is 0 Å². The number of ether oxygens (including phenoxy) is 2. The third kappa shape index (κ3) is 3.83. The van der Waals surface area contributed by atoms with E-state index in [1.807, 2.05) is 6.92 Å². The number of hydrogen-bond donors (Lipinski definition) is 1. The van der Waals surface area contributed by atoms with Gasteiger partial charge in [-0.3, -0.25) is 18.7 Å². The Hall–Kier alpha value is -3.49. The topological polar surface area (TPSA) is 96.5 Å². The van der Waals surface area contributed by atoms with Crippen LogP contribution in [0, 0.1) is 0 Å². The number of methoxy groups -OCH3 is 2. The van der Waals surface area contributed by atoms with Crippen LogP contribution in [0.25, 0.3) is 11.0 Å². The first-order chi connectivity index (χ1) is 14.4. The molecule has 0 atom stereocenters. The van der Waals surface area contributed by atoms with Crippen molar-refractivity contribution in [1.82, 2.24) is 19.0 Å². The Morgan fingerprint density at radius 1 is 1.03 bits per heavy atom. The summed E-state index contributed by atoms with van der Waals surface area (Å²) in [4.78, 5) is 37.8. The minimum atomic E-state index is -0.376. The highest BCUT2D eigenvalue weighted by Gasteiger charge is 2.16. The fourth-order valence-electron chi connectivity index (χ4n) is 3.52. The van der Waals surface area contributed by atoms with E-state index in [1.54, 1.807) is 56.2 Å². The number of carbonyl (C=O) groups excluding carboxylic acids is 1. The molecule has 2 heterocycles. The Labute approximate surface area is 173 Å². The summed E-state index contributed by atoms with van der Waals surface area (Å²) in [6.45, 7) is 4.50. The van der Waals surface area contributed by atoms with Crippen molar-refractivity contribution in [2.75, 3.05) is 14.2 Å². The van der Waals surface area contributed by atoms with Gasteiger partial charge < -0.3 is 19.4 Å². The van der Waals surface area contributed by atoms with E-state index in [0.29, 0.717) is 35.6 Å². The third-order valence-electron chi connectivity index (χ3n) is 5.04. The second-order valence-corrected chi connectivity index (χ2v) is 6.71. The first-order valence-corrected chi connectivity index (χ1v) is 9.75. The normalized spacial score (nSPS) is 10.9. The van der Waals surface area contributed by atoms with Gasteiger partial charge in [-0.05, 0) is 38.1 Å². The van der Waals surface area contributed by atoms with Gasteiger partial charge >= 0.3 is 5.69 Å². The molecule has 0 fully saturated rings. The van der Waals surface area contributed by atoms with Crippen molar-refractivity contribution in [3.63, 3.8) is 0 Å². The van der Waals surface area contributed by atoms with Gasteiger partial charge in [0, 0.05) is 31.4 Å². The van der Waals surface area contributed by atoms with Crippen molar-refractivity contribution in [1.29, 1.82) is 0 Å². The molecule has 3 rings (SSSR count). The maximum absolute atomic E-state index is 12.6. The molecule has 0 saturated carbocycles. The van der Waals surface area contributed by atoms with Gasteiger partial charge in [0.2, 0.25) is 5.91 Å². The summed E-state index contributed by atoms with van der Waals surface area (Å²) in [6.07, 6.45) is 1.66. The number of benzene rings is 1. The molecule has 1 amide bonds. The van der Waals surface area contributed by atoms with Crippen molar-refractivity contribution >= 4 is 16.9 Å². The molecule has 1 aromatic carbocycles. The molecule has 0 unspecified atom stereocenters. The zero-order valence-corrected chi connectivity index (χ0v) is 17.6. The number of aromatic nitrogens is 3. The van der Waals surface area contributed by atoms with Crippen LogP contribution < -0.4 is 26.0 Å². The molecule has 0 saturated heterocycles. The molecule has 3 aromatic rings. The number of amides is 1. The number of fused-ring (bicyclic) bond motifs is 1. The lowest BCUT2D eigenvalue weighted by molar-refractivity contribution is -0.121. The highest BCUT2D eigenvalue weighted by Crippen LogP contribution is 2.23. The van der Waals surface area contributed by atoms with Gasteiger partial charge in [0.1, 0.15) is 23.7 Å². The Morgan fingerprint density at radius 2 is 1.77 bits per heavy atom. The van der Waals surface area contributed by atoms with Gasteiger partial charge in [-0.1, -0.05) is 0 Å². The molecule has 0 radical (unpaired) electrons. The molecular weight excluding hydrogens is 388 g/mol. The molecule has 2 aromatic heterocycles. The first-order valence-electron chi connectivity index (χ1n) is 9.75. The van der Waals surface area contributed by atoms with Crippen molar-refractivity contribution in [2.24, 2.45) is 0 Å². The van der Waals surface area contributed by atoms with Crippen LogP contribution >= 0.6 is 0 Å². The van der Waals surface area contributed by atoms with E-state index in [4.69, 9.17) is 9.47 Å². The maximum Gasteiger partial charge on any atom is 0.332 e. The number of nitrogens with one attached hydrogen (secondary N) is 1. The molecule has 0 bridgehead atoms. The highest BCUT2D eigenvalue weighted by atomic mass is 16.5. The summed E-state index contributed by atoms with van der Waals surface area (Å²) < 4.78 is 14.9. The number of aryl methyl sites for hydroxylation is 1. The van der Waals surface area contributed by atoms with Gasteiger partial charge in [0.15, 0.2) is 0 Å². The van der Waals surface area contributed by atoms with Crippen LogP contribution in [0.1, 0.15) is 19.4 Å². The van der Waals surface area contributed by atoms with Crippen LogP contribution in [0.15, 0.2) is 40.1 Å². The molecule has 1 N–H and O–H groups in total. The lowest BCUT2D eigenvalue weighted by atomic mass is 10.2. The SMILES string of the molecule is CCn1c(=O)c2ccn(CC(=O)NCc3cc(OC)ccc3OC)c2n(CC)c1=O. The molecular formula is C21H26N4O5. The standard InChI is InChI=1S/C21H26N4O5/c1-5-24-19-16(20(27)25(6-2)21(24)28)9-10-23(19)13-18(26)22-12-14-11-15(29-3)7-8-17(14)30-4/h7-11H,5-6,12-13H2,1-4H3,(H,22,26). The average Bonchev–Trinajstić information content (AvgIpc) is 3.16. The van der Waals surface area contributed by atoms with Gasteiger partial charge in [-0.25, -0.2) is 4.79 Å². The van der Waals surface area contributed by atoms with E-state index < -0.39 is 0 Å². The second-order valence-electron chi connectivity index (χ2n) is 6.71. The molecule has 160 valence electrons. The van der Waals surface area contributed by atoms with E-state index in [1.165, 1.54) is 9.13 Å². The van der Waals surface area contributed by atoms with E-state index >= 15 is 0 Å². The quantitative estimate of drug-likeness (QED) is 0.600. The molecule has 0 spiro atoms. The highest BCUT2D eigenvalue weighted by molar-refractivity contribution is 5.80. The smallest absolute Gasteiger partial charge is 0.332 e. The van der Waals surface area contributed by atoms with Crippen molar-refractivity contribution < 1.29 is 14.3 Å². The Balaban J connectivity index is 1.86. The Kier molecular flexibility index (Phi) is 6.29. The predicted octanol–water partition coefficient (Wildman–Crippen LogP) is 1.34. The van der Waals surface area contributed by atoms with E-state index in [2.05, 4.69) is 5.32 Å². The number of rotatable bonds is 8. The summed E-state index contributed by atoms with van der Waals surface area (Å²) in [5.74, 6) is 1.05. The van der Waals surface area contributed by atoms with Crippen molar-refractivity contribution in [3.8, 4) is 11.5 Å². The van der Waals surface area contributed by atoms with Gasteiger partial charge in [-0.15, -0.1) is 0 Å². The first kappa shape index (κ1) is 21.2. The van der Waals surface area contributed by atoms with E-state index in [0.717, 1.165) is 5.56 Å². The average molecular weight is 414 g/mol. The fraction of sp³-hybridized carbons (Fsp3) is 0.381. The van der Waals surface area contributed by atoms with Crippen LogP contribution in [-0.4, -0.2) is 33.8 Å². The van der Waals surface area contributed by atoms with Crippen LogP contribution in [0.2, 0.25) is 0 Å². The Morgan fingerprint density at radius 3 is 2.40 bits per heavy atom. The minimum Gasteiger partial charge on any atom is -0.497 e. The molecule has 9 heteroatoms. The molecule has 30 heavy (non-hydrogen) atoms. The zero-order valence-electron chi connectivity index (χ0n) is 17.6. The van der Waals surface area contributed by atoms with Gasteiger partial charge in [0.05, 0.1) is 19.6 Å². The minimum absolute atomic E-state index is 0.0230. The van der Waals surface area contributed by atoms with Crippen molar-refractivity contribution in [2.45, 2.75) is 40.0 Å². The zero-order chi connectivity index (χ0) is 21.8. The monoisotopic (exact) mass is 414 g/mol. The van der Waals surface area contributed by atoms with Crippen molar-refractivity contribution in [3.05, 3.63) is 56.9 Å². The molecule has 9 nitrogen and oxygen atoms in total. The summed E-state index contributed by atoms with van der Waals surface area (Å²) in [7, 11) is 3.13. The number of nitrogens with zero attached hydrogens (tertiary/aromatic N) is 3. The van der Waals surface area contributed by atoms with Crippen LogP contribution in [0.3, 0.4) is 0 Å². The summed E-state index contributed by atoms with van der Waals surface area (Å²) >= 11 is 0. The lowest BCUT2D eigenvalue weighted by Crippen LogP contribution is -2.40. The lowest BCUT2D eigenvalue weighted by Gasteiger charge is -2.14. The third-order valence-corrected chi connectivity index (χ3v) is 5.04. The van der Waals surface area contributed by atoms with E-state index in [9.17, 15) is 14.4 Å². The number of carbonyl (C=O) groups is 1. The maximum atomic E-state index is 12.6. The summed E-state index contributed by atoms with van der Waals surface area (Å²) in [5.41, 5.74) is 0.506. The van der Waals surface area contributed by atoms with E-state index in [-0.39, 0.29) is 30.2 Å². The van der Waals surface area contributed by atoms with Crippen LogP contribution in [0.5, 0.6) is 11.5 Å². The number of hydrogen-bond acceptors (Lipinski definition) is 5. The fourth-order valence-corrected chi connectivity index (χ4v) is 3.52. The Bertz CT molecular complexity index is 1190. The predicted molar refractivity (Wildman–Crippen MR) is 113 cm³/mol. The second kappa shape index (κ2) is 8.89. The molecule has 0 aliphatic heterocycles. The molecule has 0 aliphatic rings. The van der Waals surface area contributed by atoms with Crippen LogP contribution in [-0.2, 0) is 31.0 Å². The van der Waals surface area contributed by atoms with Gasteiger partial charge in [-0.2, -0.15) is 0 Å². The summed E-state index contributed by atoms with van der Waals surface area (Å²) in [5, 5.41) is 3.27. The molecule has 0 aliphatic carbocycles. The van der Waals surface area contributed by atoms with Gasteiger partial charge in [0.25, 0.3) is 5.56 Å². The summed E-state index contributed by atoms with van der Waals surface area (Å²) in [6, 6.07) is 7.00. The largest absolute Gasteiger partial charge is 0.497 e.